The van der Waals surface area contributed by atoms with Crippen molar-refractivity contribution in [3.63, 3.8) is 0 Å². The maximum Gasteiger partial charge on any atom is 0.220 e. The number of rotatable bonds is 8. The van der Waals surface area contributed by atoms with Crippen LogP contribution < -0.4 is 16.2 Å². The van der Waals surface area contributed by atoms with Gasteiger partial charge in [0.05, 0.1) is 11.4 Å². The van der Waals surface area contributed by atoms with Crippen molar-refractivity contribution < 1.29 is 4.79 Å². The van der Waals surface area contributed by atoms with E-state index in [2.05, 4.69) is 11.9 Å². The predicted octanol–water partition coefficient (Wildman–Crippen LogP) is 3.47. The molecule has 0 bridgehead atoms. The summed E-state index contributed by atoms with van der Waals surface area (Å²) in [5.74, 6) is 6.29. The molecule has 1 rings (SSSR count). The van der Waals surface area contributed by atoms with Crippen LogP contribution in [0.4, 0.5) is 5.69 Å². The van der Waals surface area contributed by atoms with E-state index in [9.17, 15) is 4.79 Å². The first kappa shape index (κ1) is 18.5. The molecule has 0 aliphatic heterocycles. The molecule has 4 heteroatoms. The first-order chi connectivity index (χ1) is 11.1. The lowest BCUT2D eigenvalue weighted by Gasteiger charge is -2.23. The topological polar surface area (TPSA) is 58.4 Å². The van der Waals surface area contributed by atoms with Crippen molar-refractivity contribution in [1.29, 1.82) is 0 Å². The van der Waals surface area contributed by atoms with Crippen LogP contribution in [0.25, 0.3) is 0 Å². The number of para-hydroxylation sites is 1. The van der Waals surface area contributed by atoms with Gasteiger partial charge >= 0.3 is 0 Å². The smallest absolute Gasteiger partial charge is 0.220 e. The molecule has 0 fully saturated rings. The van der Waals surface area contributed by atoms with Gasteiger partial charge in [0.25, 0.3) is 0 Å². The van der Waals surface area contributed by atoms with Gasteiger partial charge in [0.2, 0.25) is 5.91 Å². The van der Waals surface area contributed by atoms with E-state index < -0.39 is 0 Å². The van der Waals surface area contributed by atoms with Gasteiger partial charge in [-0.3, -0.25) is 9.80 Å². The second-order valence-corrected chi connectivity index (χ2v) is 4.86. The number of carbonyl (C=O) groups excluding carboxylic acids is 1. The molecule has 0 aliphatic carbocycles. The molecule has 122 valence electrons. The highest BCUT2D eigenvalue weighted by Crippen LogP contribution is 2.22. The summed E-state index contributed by atoms with van der Waals surface area (Å²) in [4.78, 5) is 11.4. The third-order valence-electron chi connectivity index (χ3n) is 3.27. The molecule has 0 radical (unpaired) electrons. The van der Waals surface area contributed by atoms with Gasteiger partial charge in [-0.1, -0.05) is 55.2 Å². The normalized spacial score (nSPS) is 12.3. The Morgan fingerprint density at radius 1 is 1.35 bits per heavy atom. The number of carbonyl (C=O) groups is 1. The number of hydrogen-bond acceptors (Lipinski definition) is 3. The van der Waals surface area contributed by atoms with Gasteiger partial charge in [-0.15, -0.1) is 0 Å². The molecule has 23 heavy (non-hydrogen) atoms. The van der Waals surface area contributed by atoms with Gasteiger partial charge in [-0.25, -0.2) is 5.84 Å². The molecule has 0 aliphatic rings. The molecule has 0 saturated carbocycles. The molecule has 0 aromatic heterocycles. The van der Waals surface area contributed by atoms with Crippen LogP contribution in [0.2, 0.25) is 0 Å². The fourth-order valence-corrected chi connectivity index (χ4v) is 2.01. The first-order valence-electron chi connectivity index (χ1n) is 7.60. The van der Waals surface area contributed by atoms with Crippen LogP contribution in [0.3, 0.4) is 0 Å². The summed E-state index contributed by atoms with van der Waals surface area (Å²) in [6.07, 6.45) is 10.5. The molecule has 0 atom stereocenters. The van der Waals surface area contributed by atoms with Crippen molar-refractivity contribution in [2.75, 3.05) is 12.1 Å². The standard InChI is InChI=1S/C19H25N3O/c1-4-6-11-16(5-2)18(14-10-15-19(23)21-3)22(20)17-12-8-7-9-13-17/h4-9,11-14H,2,10,15,20H2,1,3H3,(H,21,23)/b6-4-,16-11+,18-14-. The first-order valence-corrected chi connectivity index (χ1v) is 7.60. The Hall–Kier alpha value is -2.59. The predicted molar refractivity (Wildman–Crippen MR) is 97.6 cm³/mol. The van der Waals surface area contributed by atoms with Crippen LogP contribution in [0.1, 0.15) is 19.8 Å². The summed E-state index contributed by atoms with van der Waals surface area (Å²) in [6.45, 7) is 5.81. The van der Waals surface area contributed by atoms with Gasteiger partial charge in [-0.2, -0.15) is 0 Å². The van der Waals surface area contributed by atoms with Gasteiger partial charge in [0.1, 0.15) is 0 Å². The Labute approximate surface area is 138 Å². The molecule has 1 aromatic carbocycles. The number of nitrogens with two attached hydrogens (primary N) is 1. The molecule has 1 aromatic rings. The van der Waals surface area contributed by atoms with Crippen LogP contribution in [0.15, 0.2) is 78.6 Å². The van der Waals surface area contributed by atoms with Gasteiger partial charge in [0.15, 0.2) is 0 Å². The van der Waals surface area contributed by atoms with Crippen molar-refractivity contribution in [3.05, 3.63) is 78.6 Å². The van der Waals surface area contributed by atoms with Gasteiger partial charge < -0.3 is 5.32 Å². The Balaban J connectivity index is 3.11. The van der Waals surface area contributed by atoms with E-state index in [0.717, 1.165) is 17.0 Å². The van der Waals surface area contributed by atoms with Crippen LogP contribution in [-0.4, -0.2) is 13.0 Å². The van der Waals surface area contributed by atoms with E-state index in [4.69, 9.17) is 5.84 Å². The van der Waals surface area contributed by atoms with E-state index in [1.54, 1.807) is 18.1 Å². The summed E-state index contributed by atoms with van der Waals surface area (Å²) in [6, 6.07) is 9.67. The summed E-state index contributed by atoms with van der Waals surface area (Å²) in [5, 5.41) is 4.23. The van der Waals surface area contributed by atoms with E-state index in [1.165, 1.54) is 0 Å². The number of nitrogens with zero attached hydrogens (tertiary/aromatic N) is 1. The maximum atomic E-state index is 11.4. The number of hydrogen-bond donors (Lipinski definition) is 2. The average molecular weight is 311 g/mol. The van der Waals surface area contributed by atoms with Crippen molar-refractivity contribution in [2.45, 2.75) is 19.8 Å². The van der Waals surface area contributed by atoms with Gasteiger partial charge in [-0.05, 0) is 31.1 Å². The molecule has 3 N–H and O–H groups in total. The van der Waals surface area contributed by atoms with E-state index in [0.29, 0.717) is 12.8 Å². The summed E-state index contributed by atoms with van der Waals surface area (Å²) in [5.41, 5.74) is 2.58. The number of amides is 1. The van der Waals surface area contributed by atoms with Crippen molar-refractivity contribution >= 4 is 11.6 Å². The molecular formula is C19H25N3O. The fourth-order valence-electron chi connectivity index (χ4n) is 2.01. The molecule has 0 heterocycles. The SMILES string of the molecule is C=CC(=C\C=C/C)/C(=C/CCC(=O)NC)N(N)c1ccccc1. The highest BCUT2D eigenvalue weighted by atomic mass is 16.1. The quantitative estimate of drug-likeness (QED) is 0.439. The maximum absolute atomic E-state index is 11.4. The lowest BCUT2D eigenvalue weighted by molar-refractivity contribution is -0.120. The Morgan fingerprint density at radius 3 is 2.61 bits per heavy atom. The molecule has 1 amide bonds. The van der Waals surface area contributed by atoms with Gasteiger partial charge in [0, 0.05) is 13.5 Å². The zero-order valence-electron chi connectivity index (χ0n) is 13.8. The zero-order valence-corrected chi connectivity index (χ0v) is 13.8. The molecule has 0 spiro atoms. The Morgan fingerprint density at radius 2 is 2.04 bits per heavy atom. The molecule has 4 nitrogen and oxygen atoms in total. The number of benzene rings is 1. The van der Waals surface area contributed by atoms with Crippen LogP contribution in [0.5, 0.6) is 0 Å². The average Bonchev–Trinajstić information content (AvgIpc) is 2.60. The molecule has 0 saturated heterocycles. The Kier molecular flexibility index (Phi) is 8.18. The van der Waals surface area contributed by atoms with Crippen molar-refractivity contribution in [1.82, 2.24) is 5.32 Å². The summed E-state index contributed by atoms with van der Waals surface area (Å²) >= 11 is 0. The number of hydrazine groups is 1. The van der Waals surface area contributed by atoms with Crippen molar-refractivity contribution in [3.8, 4) is 0 Å². The van der Waals surface area contributed by atoms with Crippen LogP contribution in [-0.2, 0) is 4.79 Å². The lowest BCUT2D eigenvalue weighted by atomic mass is 10.1. The Bertz CT molecular complexity index is 600. The third-order valence-corrected chi connectivity index (χ3v) is 3.27. The number of allylic oxidation sites excluding steroid dienone is 5. The van der Waals surface area contributed by atoms with E-state index in [-0.39, 0.29) is 5.91 Å². The number of nitrogens with one attached hydrogen (secondary N) is 1. The molecular weight excluding hydrogens is 286 g/mol. The minimum Gasteiger partial charge on any atom is -0.359 e. The van der Waals surface area contributed by atoms with E-state index >= 15 is 0 Å². The minimum atomic E-state index is 0.00136. The largest absolute Gasteiger partial charge is 0.359 e. The van der Waals surface area contributed by atoms with Crippen LogP contribution in [0, 0.1) is 0 Å². The van der Waals surface area contributed by atoms with E-state index in [1.807, 2.05) is 61.6 Å². The third kappa shape index (κ3) is 5.96. The van der Waals surface area contributed by atoms with Crippen molar-refractivity contribution in [2.24, 2.45) is 5.84 Å². The summed E-state index contributed by atoms with van der Waals surface area (Å²) in [7, 11) is 1.63. The zero-order chi connectivity index (χ0) is 17.1. The number of anilines is 1. The van der Waals surface area contributed by atoms with Crippen LogP contribution >= 0.6 is 0 Å². The minimum absolute atomic E-state index is 0.00136. The second-order valence-electron chi connectivity index (χ2n) is 4.86. The summed E-state index contributed by atoms with van der Waals surface area (Å²) < 4.78 is 0. The second kappa shape index (κ2) is 10.2. The molecule has 0 unspecified atom stereocenters. The monoisotopic (exact) mass is 311 g/mol. The highest BCUT2D eigenvalue weighted by Gasteiger charge is 2.10. The fraction of sp³-hybridized carbons (Fsp3) is 0.211. The lowest BCUT2D eigenvalue weighted by Crippen LogP contribution is -2.30. The highest BCUT2D eigenvalue weighted by molar-refractivity contribution is 5.75.